The predicted molar refractivity (Wildman–Crippen MR) is 103 cm³/mol. The highest BCUT2D eigenvalue weighted by Crippen LogP contribution is 2.31. The van der Waals surface area contributed by atoms with Crippen LogP contribution in [0.25, 0.3) is 0 Å². The Morgan fingerprint density at radius 3 is 2.70 bits per heavy atom. The molecule has 6 heteroatoms. The van der Waals surface area contributed by atoms with Gasteiger partial charge in [-0.1, -0.05) is 19.3 Å². The summed E-state index contributed by atoms with van der Waals surface area (Å²) in [5.41, 5.74) is 3.56. The maximum absolute atomic E-state index is 5.44. The van der Waals surface area contributed by atoms with Crippen LogP contribution >= 0.6 is 0 Å². The molecule has 0 unspecified atom stereocenters. The molecular weight excluding hydrogens is 340 g/mol. The summed E-state index contributed by atoms with van der Waals surface area (Å²) in [4.78, 5) is 16.5. The summed E-state index contributed by atoms with van der Waals surface area (Å²) in [6, 6.07) is 3.91. The monoisotopic (exact) mass is 368 g/mol. The van der Waals surface area contributed by atoms with Gasteiger partial charge >= 0.3 is 0 Å². The number of rotatable bonds is 5. The van der Waals surface area contributed by atoms with Gasteiger partial charge in [0.25, 0.3) is 0 Å². The van der Waals surface area contributed by atoms with E-state index in [0.29, 0.717) is 17.7 Å². The van der Waals surface area contributed by atoms with Gasteiger partial charge in [0.05, 0.1) is 14.2 Å². The van der Waals surface area contributed by atoms with Crippen molar-refractivity contribution >= 4 is 0 Å². The van der Waals surface area contributed by atoms with E-state index in [0.717, 1.165) is 37.4 Å². The van der Waals surface area contributed by atoms with Crippen LogP contribution in [0.1, 0.15) is 60.7 Å². The molecule has 0 amide bonds. The second kappa shape index (κ2) is 8.21. The Kier molecular flexibility index (Phi) is 5.53. The number of ether oxygens (including phenoxy) is 2. The summed E-state index contributed by atoms with van der Waals surface area (Å²) in [7, 11) is 3.27. The summed E-state index contributed by atoms with van der Waals surface area (Å²) in [6.45, 7) is 2.66. The zero-order valence-corrected chi connectivity index (χ0v) is 16.3. The molecule has 0 N–H and O–H groups in total. The molecule has 0 bridgehead atoms. The van der Waals surface area contributed by atoms with Gasteiger partial charge in [0, 0.05) is 61.1 Å². The first kappa shape index (κ1) is 18.2. The number of aromatic nitrogens is 3. The topological polar surface area (TPSA) is 60.4 Å². The quantitative estimate of drug-likeness (QED) is 0.805. The molecule has 27 heavy (non-hydrogen) atoms. The van der Waals surface area contributed by atoms with E-state index in [4.69, 9.17) is 19.4 Å². The molecule has 2 aromatic rings. The number of pyridine rings is 1. The Morgan fingerprint density at radius 1 is 1.07 bits per heavy atom. The van der Waals surface area contributed by atoms with Crippen molar-refractivity contribution in [3.8, 4) is 11.8 Å². The predicted octanol–water partition coefficient (Wildman–Crippen LogP) is 3.49. The van der Waals surface area contributed by atoms with Crippen LogP contribution in [-0.4, -0.2) is 40.6 Å². The minimum atomic E-state index is 0.566. The molecule has 144 valence electrons. The largest absolute Gasteiger partial charge is 0.481 e. The molecule has 1 fully saturated rings. The van der Waals surface area contributed by atoms with Crippen molar-refractivity contribution < 1.29 is 9.47 Å². The third-order valence-electron chi connectivity index (χ3n) is 5.71. The second-order valence-corrected chi connectivity index (χ2v) is 7.52. The summed E-state index contributed by atoms with van der Waals surface area (Å²) >= 11 is 0. The lowest BCUT2D eigenvalue weighted by Gasteiger charge is -2.29. The molecule has 3 heterocycles. The van der Waals surface area contributed by atoms with Crippen LogP contribution in [0.3, 0.4) is 0 Å². The van der Waals surface area contributed by atoms with Crippen LogP contribution in [0.5, 0.6) is 11.8 Å². The highest BCUT2D eigenvalue weighted by molar-refractivity contribution is 5.31. The zero-order valence-electron chi connectivity index (χ0n) is 16.3. The maximum Gasteiger partial charge on any atom is 0.220 e. The SMILES string of the molecule is COc1ccc(CN2CCc3nc(C4CCCCC4)ncc3C2)c(OC)n1. The van der Waals surface area contributed by atoms with Gasteiger partial charge in [-0.05, 0) is 18.9 Å². The third kappa shape index (κ3) is 4.05. The Bertz CT molecular complexity index is 790. The Labute approximate surface area is 161 Å². The maximum atomic E-state index is 5.44. The van der Waals surface area contributed by atoms with Gasteiger partial charge < -0.3 is 9.47 Å². The van der Waals surface area contributed by atoms with Gasteiger partial charge in [0.2, 0.25) is 11.8 Å². The van der Waals surface area contributed by atoms with Crippen LogP contribution in [0.4, 0.5) is 0 Å². The first-order valence-corrected chi connectivity index (χ1v) is 9.91. The van der Waals surface area contributed by atoms with E-state index >= 15 is 0 Å². The fourth-order valence-corrected chi connectivity index (χ4v) is 4.19. The zero-order chi connectivity index (χ0) is 18.6. The molecule has 0 saturated heterocycles. The smallest absolute Gasteiger partial charge is 0.220 e. The fraction of sp³-hybridized carbons (Fsp3) is 0.571. The van der Waals surface area contributed by atoms with Crippen molar-refractivity contribution in [1.29, 1.82) is 0 Å². The fourth-order valence-electron chi connectivity index (χ4n) is 4.19. The molecule has 0 atom stereocenters. The molecule has 0 aromatic carbocycles. The normalized spacial score (nSPS) is 18.1. The molecule has 2 aromatic heterocycles. The molecule has 1 saturated carbocycles. The van der Waals surface area contributed by atoms with Crippen molar-refractivity contribution in [1.82, 2.24) is 19.9 Å². The van der Waals surface area contributed by atoms with Crippen LogP contribution in [-0.2, 0) is 19.5 Å². The van der Waals surface area contributed by atoms with Crippen molar-refractivity contribution in [3.63, 3.8) is 0 Å². The highest BCUT2D eigenvalue weighted by atomic mass is 16.5. The minimum absolute atomic E-state index is 0.566. The Balaban J connectivity index is 1.45. The first-order valence-electron chi connectivity index (χ1n) is 9.91. The molecule has 1 aliphatic carbocycles. The molecule has 1 aliphatic heterocycles. The van der Waals surface area contributed by atoms with Gasteiger partial charge in [-0.3, -0.25) is 4.90 Å². The number of hydrogen-bond acceptors (Lipinski definition) is 6. The van der Waals surface area contributed by atoms with Crippen molar-refractivity contribution in [2.24, 2.45) is 0 Å². The van der Waals surface area contributed by atoms with E-state index in [2.05, 4.69) is 16.1 Å². The first-order chi connectivity index (χ1) is 13.3. The van der Waals surface area contributed by atoms with Gasteiger partial charge in [0.1, 0.15) is 5.82 Å². The molecule has 2 aliphatic rings. The van der Waals surface area contributed by atoms with E-state index in [-0.39, 0.29) is 0 Å². The minimum Gasteiger partial charge on any atom is -0.481 e. The van der Waals surface area contributed by atoms with E-state index in [9.17, 15) is 0 Å². The van der Waals surface area contributed by atoms with Crippen LogP contribution in [0, 0.1) is 0 Å². The number of fused-ring (bicyclic) bond motifs is 1. The van der Waals surface area contributed by atoms with Gasteiger partial charge in [-0.25, -0.2) is 9.97 Å². The van der Waals surface area contributed by atoms with Crippen molar-refractivity contribution in [3.05, 3.63) is 41.0 Å². The highest BCUT2D eigenvalue weighted by Gasteiger charge is 2.23. The number of hydrogen-bond donors (Lipinski definition) is 0. The molecule has 0 spiro atoms. The van der Waals surface area contributed by atoms with Gasteiger partial charge in [0.15, 0.2) is 0 Å². The van der Waals surface area contributed by atoms with Gasteiger partial charge in [-0.15, -0.1) is 0 Å². The number of methoxy groups -OCH3 is 2. The van der Waals surface area contributed by atoms with Crippen LogP contribution in [0.15, 0.2) is 18.3 Å². The Morgan fingerprint density at radius 2 is 1.93 bits per heavy atom. The molecular formula is C21H28N4O2. The van der Waals surface area contributed by atoms with E-state index in [1.54, 1.807) is 14.2 Å². The summed E-state index contributed by atoms with van der Waals surface area (Å²) in [5, 5.41) is 0. The molecule has 0 radical (unpaired) electrons. The average molecular weight is 368 g/mol. The van der Waals surface area contributed by atoms with Gasteiger partial charge in [-0.2, -0.15) is 4.98 Å². The standard InChI is InChI=1S/C21H28N4O2/c1-26-19-9-8-16(21(24-19)27-2)13-25-11-10-18-17(14-25)12-22-20(23-18)15-6-4-3-5-7-15/h8-9,12,15H,3-7,10-11,13-14H2,1-2H3. The molecule has 4 rings (SSSR count). The average Bonchev–Trinajstić information content (AvgIpc) is 2.74. The summed E-state index contributed by atoms with van der Waals surface area (Å²) in [6.07, 6.45) is 9.52. The lowest BCUT2D eigenvalue weighted by molar-refractivity contribution is 0.237. The Hall–Kier alpha value is -2.21. The van der Waals surface area contributed by atoms with Crippen LogP contribution in [0.2, 0.25) is 0 Å². The third-order valence-corrected chi connectivity index (χ3v) is 5.71. The van der Waals surface area contributed by atoms with E-state index in [1.165, 1.54) is 43.4 Å². The lowest BCUT2D eigenvalue weighted by atomic mass is 9.88. The van der Waals surface area contributed by atoms with E-state index in [1.807, 2.05) is 12.1 Å². The second-order valence-electron chi connectivity index (χ2n) is 7.52. The van der Waals surface area contributed by atoms with Crippen molar-refractivity contribution in [2.45, 2.75) is 57.5 Å². The van der Waals surface area contributed by atoms with Crippen molar-refractivity contribution in [2.75, 3.05) is 20.8 Å². The van der Waals surface area contributed by atoms with E-state index < -0.39 is 0 Å². The summed E-state index contributed by atoms with van der Waals surface area (Å²) in [5.74, 6) is 2.84. The molecule has 6 nitrogen and oxygen atoms in total. The lowest BCUT2D eigenvalue weighted by Crippen LogP contribution is -2.31. The number of nitrogens with zero attached hydrogens (tertiary/aromatic N) is 4. The summed E-state index contributed by atoms with van der Waals surface area (Å²) < 4.78 is 10.6. The van der Waals surface area contributed by atoms with Crippen LogP contribution < -0.4 is 9.47 Å².